The van der Waals surface area contributed by atoms with Crippen LogP contribution in [0.3, 0.4) is 0 Å². The Balaban J connectivity index is 1.63. The highest BCUT2D eigenvalue weighted by molar-refractivity contribution is 7.99. The molecule has 0 saturated carbocycles. The third kappa shape index (κ3) is 4.63. The largest absolute Gasteiger partial charge is 0.352 e. The molecular weight excluding hydrogens is 332 g/mol. The standard InChI is InChI=1S/C20H22N2O2S/c1-13(2)25-17-7-3-14(4-8-17)11-19(23)22-16-6-5-15-9-10-21-20(24)18(15)12-16/h3-8,12-13H,9-11H2,1-2H3,(H,21,24)(H,22,23). The van der Waals surface area contributed by atoms with E-state index in [1.54, 1.807) is 17.8 Å². The molecule has 3 rings (SSSR count). The Bertz CT molecular complexity index is 785. The molecule has 130 valence electrons. The highest BCUT2D eigenvalue weighted by atomic mass is 32.2. The fourth-order valence-corrected chi connectivity index (χ4v) is 3.68. The number of amides is 2. The van der Waals surface area contributed by atoms with E-state index < -0.39 is 0 Å². The van der Waals surface area contributed by atoms with Crippen molar-refractivity contribution in [2.75, 3.05) is 11.9 Å². The summed E-state index contributed by atoms with van der Waals surface area (Å²) in [7, 11) is 0. The number of thioether (sulfide) groups is 1. The Morgan fingerprint density at radius 1 is 1.20 bits per heavy atom. The molecule has 0 fully saturated rings. The number of carbonyl (C=O) groups excluding carboxylic acids is 2. The zero-order valence-corrected chi connectivity index (χ0v) is 15.3. The SMILES string of the molecule is CC(C)Sc1ccc(CC(=O)Nc2ccc3c(c2)C(=O)NCC3)cc1. The summed E-state index contributed by atoms with van der Waals surface area (Å²) in [6.07, 6.45) is 1.14. The molecular formula is C20H22N2O2S. The minimum atomic E-state index is -0.0829. The second-order valence-electron chi connectivity index (χ2n) is 6.41. The van der Waals surface area contributed by atoms with E-state index in [1.807, 2.05) is 24.3 Å². The van der Waals surface area contributed by atoms with E-state index in [1.165, 1.54) is 4.90 Å². The predicted octanol–water partition coefficient (Wildman–Crippen LogP) is 3.65. The van der Waals surface area contributed by atoms with E-state index in [0.29, 0.717) is 29.5 Å². The zero-order valence-electron chi connectivity index (χ0n) is 14.5. The number of carbonyl (C=O) groups is 2. The van der Waals surface area contributed by atoms with Crippen molar-refractivity contribution in [3.8, 4) is 0 Å². The number of benzene rings is 2. The summed E-state index contributed by atoms with van der Waals surface area (Å²) in [4.78, 5) is 25.4. The van der Waals surface area contributed by atoms with Gasteiger partial charge in [0.1, 0.15) is 0 Å². The Kier molecular flexibility index (Phi) is 5.43. The molecule has 2 aromatic carbocycles. The summed E-state index contributed by atoms with van der Waals surface area (Å²) in [5, 5.41) is 6.24. The van der Waals surface area contributed by atoms with Gasteiger partial charge in [-0.1, -0.05) is 32.0 Å². The third-order valence-electron chi connectivity index (χ3n) is 3.98. The van der Waals surface area contributed by atoms with Crippen LogP contribution in [0.5, 0.6) is 0 Å². The summed E-state index contributed by atoms with van der Waals surface area (Å²) >= 11 is 1.80. The number of hydrogen-bond acceptors (Lipinski definition) is 3. The highest BCUT2D eigenvalue weighted by Gasteiger charge is 2.17. The topological polar surface area (TPSA) is 58.2 Å². The molecule has 1 aliphatic heterocycles. The van der Waals surface area contributed by atoms with Crippen LogP contribution in [-0.2, 0) is 17.6 Å². The van der Waals surface area contributed by atoms with Gasteiger partial charge < -0.3 is 10.6 Å². The van der Waals surface area contributed by atoms with Crippen LogP contribution in [0.25, 0.3) is 0 Å². The van der Waals surface area contributed by atoms with Gasteiger partial charge in [-0.25, -0.2) is 0 Å². The smallest absolute Gasteiger partial charge is 0.251 e. The van der Waals surface area contributed by atoms with Crippen molar-refractivity contribution in [3.63, 3.8) is 0 Å². The molecule has 25 heavy (non-hydrogen) atoms. The summed E-state index contributed by atoms with van der Waals surface area (Å²) in [5.41, 5.74) is 3.31. The van der Waals surface area contributed by atoms with E-state index in [-0.39, 0.29) is 11.8 Å². The summed E-state index contributed by atoms with van der Waals surface area (Å²) in [6.45, 7) is 4.98. The predicted molar refractivity (Wildman–Crippen MR) is 102 cm³/mol. The lowest BCUT2D eigenvalue weighted by Crippen LogP contribution is -2.31. The number of fused-ring (bicyclic) bond motifs is 1. The zero-order chi connectivity index (χ0) is 17.8. The summed E-state index contributed by atoms with van der Waals surface area (Å²) < 4.78 is 0. The second-order valence-corrected chi connectivity index (χ2v) is 8.06. The highest BCUT2D eigenvalue weighted by Crippen LogP contribution is 2.23. The maximum atomic E-state index is 12.3. The molecule has 0 radical (unpaired) electrons. The molecule has 5 heteroatoms. The first kappa shape index (κ1) is 17.5. The Morgan fingerprint density at radius 2 is 1.96 bits per heavy atom. The van der Waals surface area contributed by atoms with Gasteiger partial charge in [0.15, 0.2) is 0 Å². The van der Waals surface area contributed by atoms with Crippen LogP contribution < -0.4 is 10.6 Å². The first-order valence-electron chi connectivity index (χ1n) is 8.48. The molecule has 2 amide bonds. The monoisotopic (exact) mass is 354 g/mol. The maximum Gasteiger partial charge on any atom is 0.251 e. The van der Waals surface area contributed by atoms with Crippen molar-refractivity contribution in [3.05, 3.63) is 59.2 Å². The molecule has 0 unspecified atom stereocenters. The Labute approximate surface area is 152 Å². The molecule has 2 N–H and O–H groups in total. The van der Waals surface area contributed by atoms with Gasteiger partial charge in [0.25, 0.3) is 5.91 Å². The number of nitrogens with one attached hydrogen (secondary N) is 2. The van der Waals surface area contributed by atoms with Crippen LogP contribution in [0.15, 0.2) is 47.4 Å². The number of anilines is 1. The average molecular weight is 354 g/mol. The Morgan fingerprint density at radius 3 is 2.68 bits per heavy atom. The first-order valence-corrected chi connectivity index (χ1v) is 9.36. The van der Waals surface area contributed by atoms with Crippen LogP contribution in [0.1, 0.15) is 35.3 Å². The minimum absolute atomic E-state index is 0.0735. The minimum Gasteiger partial charge on any atom is -0.352 e. The number of rotatable bonds is 5. The lowest BCUT2D eigenvalue weighted by Gasteiger charge is -2.17. The van der Waals surface area contributed by atoms with E-state index in [4.69, 9.17) is 0 Å². The quantitative estimate of drug-likeness (QED) is 0.806. The van der Waals surface area contributed by atoms with Gasteiger partial charge in [-0.05, 0) is 41.8 Å². The summed E-state index contributed by atoms with van der Waals surface area (Å²) in [6, 6.07) is 13.6. The molecule has 0 aromatic heterocycles. The van der Waals surface area contributed by atoms with Crippen molar-refractivity contribution < 1.29 is 9.59 Å². The van der Waals surface area contributed by atoms with Gasteiger partial charge in [-0.3, -0.25) is 9.59 Å². The van der Waals surface area contributed by atoms with E-state index in [0.717, 1.165) is 17.5 Å². The lowest BCUT2D eigenvalue weighted by molar-refractivity contribution is -0.115. The van der Waals surface area contributed by atoms with Gasteiger partial charge in [-0.15, -0.1) is 11.8 Å². The molecule has 2 aromatic rings. The van der Waals surface area contributed by atoms with Crippen molar-refractivity contribution in [1.82, 2.24) is 5.32 Å². The Hall–Kier alpha value is -2.27. The second kappa shape index (κ2) is 7.74. The molecule has 0 saturated heterocycles. The number of hydrogen-bond donors (Lipinski definition) is 2. The molecule has 0 spiro atoms. The van der Waals surface area contributed by atoms with Gasteiger partial charge in [0.2, 0.25) is 5.91 Å². The lowest BCUT2D eigenvalue weighted by atomic mass is 10.00. The van der Waals surface area contributed by atoms with Crippen LogP contribution in [0.2, 0.25) is 0 Å². The van der Waals surface area contributed by atoms with Crippen molar-refractivity contribution >= 4 is 29.3 Å². The van der Waals surface area contributed by atoms with Gasteiger partial charge in [0.05, 0.1) is 6.42 Å². The van der Waals surface area contributed by atoms with Crippen LogP contribution in [0, 0.1) is 0 Å². The average Bonchev–Trinajstić information content (AvgIpc) is 2.57. The molecule has 1 heterocycles. The molecule has 0 atom stereocenters. The normalized spacial score (nSPS) is 13.3. The van der Waals surface area contributed by atoms with Gasteiger partial charge in [-0.2, -0.15) is 0 Å². The van der Waals surface area contributed by atoms with Crippen LogP contribution >= 0.6 is 11.8 Å². The molecule has 4 nitrogen and oxygen atoms in total. The third-order valence-corrected chi connectivity index (χ3v) is 4.99. The van der Waals surface area contributed by atoms with E-state index >= 15 is 0 Å². The molecule has 0 aliphatic carbocycles. The molecule has 1 aliphatic rings. The maximum absolute atomic E-state index is 12.3. The van der Waals surface area contributed by atoms with Crippen molar-refractivity contribution in [2.24, 2.45) is 0 Å². The van der Waals surface area contributed by atoms with E-state index in [9.17, 15) is 9.59 Å². The van der Waals surface area contributed by atoms with Crippen LogP contribution in [0.4, 0.5) is 5.69 Å². The first-order chi connectivity index (χ1) is 12.0. The van der Waals surface area contributed by atoms with E-state index in [2.05, 4.69) is 36.6 Å². The molecule has 0 bridgehead atoms. The van der Waals surface area contributed by atoms with Gasteiger partial charge >= 0.3 is 0 Å². The van der Waals surface area contributed by atoms with Crippen molar-refractivity contribution in [2.45, 2.75) is 36.8 Å². The van der Waals surface area contributed by atoms with Crippen LogP contribution in [-0.4, -0.2) is 23.6 Å². The van der Waals surface area contributed by atoms with Gasteiger partial charge in [0, 0.05) is 27.9 Å². The van der Waals surface area contributed by atoms with Crippen molar-refractivity contribution in [1.29, 1.82) is 0 Å². The summed E-state index contributed by atoms with van der Waals surface area (Å²) in [5.74, 6) is -0.156. The fourth-order valence-electron chi connectivity index (χ4n) is 2.84. The fraction of sp³-hybridized carbons (Fsp3) is 0.300.